The van der Waals surface area contributed by atoms with Crippen LogP contribution >= 0.6 is 11.3 Å². The van der Waals surface area contributed by atoms with E-state index in [1.165, 1.54) is 47.0 Å². The van der Waals surface area contributed by atoms with Crippen LogP contribution in [0, 0.1) is 5.92 Å². The summed E-state index contributed by atoms with van der Waals surface area (Å²) in [5, 5.41) is 3.35. The molecule has 1 aromatic carbocycles. The van der Waals surface area contributed by atoms with Crippen molar-refractivity contribution in [1.29, 1.82) is 0 Å². The largest absolute Gasteiger partial charge is 0.465 e. The molecule has 4 rings (SSSR count). The molecular formula is C25H33N3O5S2. The fraction of sp³-hybridized carbons (Fsp3) is 0.520. The van der Waals surface area contributed by atoms with Crippen LogP contribution < -0.4 is 5.32 Å². The van der Waals surface area contributed by atoms with Crippen molar-refractivity contribution in [1.82, 2.24) is 9.21 Å². The monoisotopic (exact) mass is 519 g/mol. The average molecular weight is 520 g/mol. The highest BCUT2D eigenvalue weighted by molar-refractivity contribution is 7.89. The smallest absolute Gasteiger partial charge is 0.341 e. The minimum Gasteiger partial charge on any atom is -0.465 e. The highest BCUT2D eigenvalue weighted by Gasteiger charge is 2.30. The fourth-order valence-corrected chi connectivity index (χ4v) is 7.44. The Balaban J connectivity index is 1.52. The molecule has 1 saturated heterocycles. The predicted molar refractivity (Wildman–Crippen MR) is 136 cm³/mol. The van der Waals surface area contributed by atoms with Gasteiger partial charge in [0.2, 0.25) is 10.0 Å². The van der Waals surface area contributed by atoms with E-state index in [-0.39, 0.29) is 4.90 Å². The number of fused-ring (bicyclic) bond motifs is 1. The maximum absolute atomic E-state index is 13.0. The van der Waals surface area contributed by atoms with E-state index in [2.05, 4.69) is 24.1 Å². The molecule has 0 bridgehead atoms. The lowest BCUT2D eigenvalue weighted by Gasteiger charge is -2.29. The Bertz CT molecular complexity index is 1180. The first-order valence-electron chi connectivity index (χ1n) is 12.1. The number of carbonyl (C=O) groups is 2. The predicted octanol–water partition coefficient (Wildman–Crippen LogP) is 3.98. The van der Waals surface area contributed by atoms with Crippen LogP contribution in [0.5, 0.6) is 0 Å². The van der Waals surface area contributed by atoms with Crippen LogP contribution in [0.25, 0.3) is 0 Å². The molecule has 35 heavy (non-hydrogen) atoms. The summed E-state index contributed by atoms with van der Waals surface area (Å²) >= 11 is 1.41. The van der Waals surface area contributed by atoms with Gasteiger partial charge in [0.1, 0.15) is 5.00 Å². The van der Waals surface area contributed by atoms with Crippen LogP contribution in [0.2, 0.25) is 0 Å². The molecule has 2 aromatic rings. The second kappa shape index (κ2) is 10.8. The molecule has 1 N–H and O–H groups in total. The summed E-state index contributed by atoms with van der Waals surface area (Å²) in [5.74, 6) is -0.325. The number of amides is 1. The van der Waals surface area contributed by atoms with Crippen LogP contribution in [0.15, 0.2) is 29.2 Å². The number of thiophene rings is 1. The molecule has 10 heteroatoms. The van der Waals surface area contributed by atoms with Gasteiger partial charge in [-0.3, -0.25) is 9.69 Å². The van der Waals surface area contributed by atoms with Crippen LogP contribution in [0.3, 0.4) is 0 Å². The number of ether oxygens (including phenoxy) is 1. The molecule has 8 nitrogen and oxygen atoms in total. The molecule has 1 aromatic heterocycles. The van der Waals surface area contributed by atoms with Gasteiger partial charge in [-0.05, 0) is 68.0 Å². The van der Waals surface area contributed by atoms with E-state index in [0.29, 0.717) is 35.1 Å². The van der Waals surface area contributed by atoms with E-state index in [1.807, 2.05) is 0 Å². The van der Waals surface area contributed by atoms with E-state index in [4.69, 9.17) is 4.74 Å². The SMILES string of the molecule is CCCN1CCc2c(sc(NC(=O)c3ccc(S(=O)(=O)N4CCC(C)CC4)cc3)c2C(=O)OC)C1. The van der Waals surface area contributed by atoms with Crippen molar-refractivity contribution in [3.8, 4) is 0 Å². The van der Waals surface area contributed by atoms with Gasteiger partial charge in [0.15, 0.2) is 0 Å². The number of hydrogen-bond donors (Lipinski definition) is 1. The van der Waals surface area contributed by atoms with Crippen molar-refractivity contribution < 1.29 is 22.7 Å². The van der Waals surface area contributed by atoms with E-state index in [0.717, 1.165) is 55.8 Å². The molecule has 0 radical (unpaired) electrons. The van der Waals surface area contributed by atoms with E-state index >= 15 is 0 Å². The first-order chi connectivity index (χ1) is 16.7. The molecule has 1 fully saturated rings. The minimum absolute atomic E-state index is 0.182. The third-order valence-corrected chi connectivity index (χ3v) is 9.83. The Labute approximate surface area is 211 Å². The molecule has 0 atom stereocenters. The molecule has 2 aliphatic rings. The first kappa shape index (κ1) is 25.8. The molecule has 2 aliphatic heterocycles. The lowest BCUT2D eigenvalue weighted by molar-refractivity contribution is 0.0600. The van der Waals surface area contributed by atoms with E-state index < -0.39 is 21.9 Å². The van der Waals surface area contributed by atoms with Crippen molar-refractivity contribution in [2.75, 3.05) is 38.6 Å². The number of hydrogen-bond acceptors (Lipinski definition) is 7. The fourth-order valence-electron chi connectivity index (χ4n) is 4.70. The number of methoxy groups -OCH3 is 1. The zero-order chi connectivity index (χ0) is 25.2. The summed E-state index contributed by atoms with van der Waals surface area (Å²) in [6, 6.07) is 5.99. The van der Waals surface area contributed by atoms with Gasteiger partial charge in [0.05, 0.1) is 17.6 Å². The Kier molecular flexibility index (Phi) is 7.95. The van der Waals surface area contributed by atoms with Crippen molar-refractivity contribution in [3.63, 3.8) is 0 Å². The number of sulfonamides is 1. The molecule has 0 aliphatic carbocycles. The van der Waals surface area contributed by atoms with Gasteiger partial charge < -0.3 is 10.1 Å². The summed E-state index contributed by atoms with van der Waals surface area (Å²) in [6.45, 7) is 7.89. The zero-order valence-electron chi connectivity index (χ0n) is 20.5. The van der Waals surface area contributed by atoms with Gasteiger partial charge >= 0.3 is 5.97 Å². The molecule has 0 unspecified atom stereocenters. The standard InChI is InChI=1S/C25H33N3O5S2/c1-4-12-27-13-11-20-21(16-27)34-24(22(20)25(30)33-3)26-23(29)18-5-7-19(8-6-18)35(31,32)28-14-9-17(2)10-15-28/h5-8,17H,4,9-16H2,1-3H3,(H,26,29). The summed E-state index contributed by atoms with van der Waals surface area (Å²) in [5.41, 5.74) is 1.70. The Morgan fingerprint density at radius 2 is 1.83 bits per heavy atom. The maximum Gasteiger partial charge on any atom is 0.341 e. The minimum atomic E-state index is -3.58. The molecule has 1 amide bonds. The van der Waals surface area contributed by atoms with Crippen LogP contribution in [-0.2, 0) is 27.7 Å². The van der Waals surface area contributed by atoms with Crippen molar-refractivity contribution in [2.45, 2.75) is 51.0 Å². The summed E-state index contributed by atoms with van der Waals surface area (Å²) in [6.07, 6.45) is 3.48. The van der Waals surface area contributed by atoms with Gasteiger partial charge in [-0.1, -0.05) is 13.8 Å². The van der Waals surface area contributed by atoms with Crippen LogP contribution in [0.1, 0.15) is 64.3 Å². The van der Waals surface area contributed by atoms with Gasteiger partial charge in [-0.2, -0.15) is 4.31 Å². The number of benzene rings is 1. The number of anilines is 1. The number of carbonyl (C=O) groups excluding carboxylic acids is 2. The summed E-state index contributed by atoms with van der Waals surface area (Å²) in [7, 11) is -2.24. The Morgan fingerprint density at radius 3 is 2.46 bits per heavy atom. The summed E-state index contributed by atoms with van der Waals surface area (Å²) in [4.78, 5) is 29.2. The molecule has 3 heterocycles. The van der Waals surface area contributed by atoms with Crippen LogP contribution in [0.4, 0.5) is 5.00 Å². The van der Waals surface area contributed by atoms with Gasteiger partial charge in [-0.15, -0.1) is 11.3 Å². The average Bonchev–Trinajstić information content (AvgIpc) is 3.21. The lowest BCUT2D eigenvalue weighted by Crippen LogP contribution is -2.37. The Hall–Kier alpha value is -2.27. The number of piperidine rings is 1. The number of nitrogens with zero attached hydrogens (tertiary/aromatic N) is 2. The lowest BCUT2D eigenvalue weighted by atomic mass is 10.0. The number of rotatable bonds is 7. The maximum atomic E-state index is 13.0. The topological polar surface area (TPSA) is 96.0 Å². The van der Waals surface area contributed by atoms with Crippen molar-refractivity contribution in [3.05, 3.63) is 45.8 Å². The third-order valence-electron chi connectivity index (χ3n) is 6.79. The highest BCUT2D eigenvalue weighted by atomic mass is 32.2. The van der Waals surface area contributed by atoms with Gasteiger partial charge in [0, 0.05) is 36.6 Å². The zero-order valence-corrected chi connectivity index (χ0v) is 22.1. The highest BCUT2D eigenvalue weighted by Crippen LogP contribution is 2.38. The second-order valence-corrected chi connectivity index (χ2v) is 12.3. The Morgan fingerprint density at radius 1 is 1.14 bits per heavy atom. The summed E-state index contributed by atoms with van der Waals surface area (Å²) < 4.78 is 32.5. The molecule has 0 saturated carbocycles. The van der Waals surface area contributed by atoms with E-state index in [1.54, 1.807) is 0 Å². The van der Waals surface area contributed by atoms with Gasteiger partial charge in [0.25, 0.3) is 5.91 Å². The number of nitrogens with one attached hydrogen (secondary N) is 1. The molecular weight excluding hydrogens is 486 g/mol. The van der Waals surface area contributed by atoms with E-state index in [9.17, 15) is 18.0 Å². The van der Waals surface area contributed by atoms with Crippen molar-refractivity contribution in [2.24, 2.45) is 5.92 Å². The third kappa shape index (κ3) is 5.45. The molecule has 190 valence electrons. The number of esters is 1. The second-order valence-electron chi connectivity index (χ2n) is 9.29. The van der Waals surface area contributed by atoms with Crippen molar-refractivity contribution >= 4 is 38.2 Å². The quantitative estimate of drug-likeness (QED) is 0.556. The van der Waals surface area contributed by atoms with Gasteiger partial charge in [-0.25, -0.2) is 13.2 Å². The molecule has 0 spiro atoms. The van der Waals surface area contributed by atoms with Crippen LogP contribution in [-0.4, -0.2) is 62.8 Å². The normalized spacial score (nSPS) is 17.7. The first-order valence-corrected chi connectivity index (χ1v) is 14.4.